The van der Waals surface area contributed by atoms with Gasteiger partial charge >= 0.3 is 0 Å². The van der Waals surface area contributed by atoms with Gasteiger partial charge in [-0.05, 0) is 24.5 Å². The van der Waals surface area contributed by atoms with Gasteiger partial charge in [-0.15, -0.1) is 0 Å². The molecule has 0 aliphatic heterocycles. The van der Waals surface area contributed by atoms with Crippen LogP contribution < -0.4 is 14.7 Å². The van der Waals surface area contributed by atoms with Crippen LogP contribution in [0.2, 0.25) is 0 Å². The zero-order chi connectivity index (χ0) is 18.1. The van der Waals surface area contributed by atoms with Crippen molar-refractivity contribution in [3.05, 3.63) is 78.0 Å². The monoisotopic (exact) mass is 360 g/mol. The molecule has 1 aliphatic carbocycles. The summed E-state index contributed by atoms with van der Waals surface area (Å²) in [6, 6.07) is 10.6. The van der Waals surface area contributed by atoms with Crippen molar-refractivity contribution >= 4 is 7.82 Å². The Bertz CT molecular complexity index is 730. The van der Waals surface area contributed by atoms with E-state index >= 15 is 0 Å². The molecule has 1 aromatic heterocycles. The average molecular weight is 360 g/mol. The van der Waals surface area contributed by atoms with Gasteiger partial charge in [0.1, 0.15) is 5.82 Å². The number of hydrogen-bond acceptors (Lipinski definition) is 6. The number of phosphoric acid groups is 1. The number of allylic oxidation sites excluding steroid dienone is 3. The fourth-order valence-corrected chi connectivity index (χ4v) is 2.44. The van der Waals surface area contributed by atoms with E-state index in [2.05, 4.69) is 63.4 Å². The zero-order valence-electron chi connectivity index (χ0n) is 13.6. The first kappa shape index (κ1) is 19.1. The van der Waals surface area contributed by atoms with Crippen molar-refractivity contribution in [2.75, 3.05) is 0 Å². The molecule has 0 bridgehead atoms. The number of hydrogen-bond donors (Lipinski definition) is 1. The molecular weight excluding hydrogens is 341 g/mol. The van der Waals surface area contributed by atoms with Gasteiger partial charge in [0.25, 0.3) is 0 Å². The predicted molar refractivity (Wildman–Crippen MR) is 88.3 cm³/mol. The van der Waals surface area contributed by atoms with Gasteiger partial charge in [0.05, 0.1) is 6.54 Å². The number of benzene rings is 1. The van der Waals surface area contributed by atoms with Gasteiger partial charge in [-0.3, -0.25) is 0 Å². The van der Waals surface area contributed by atoms with Gasteiger partial charge in [0.2, 0.25) is 0 Å². The predicted octanol–water partition coefficient (Wildman–Crippen LogP) is 0.821. The van der Waals surface area contributed by atoms with Crippen LogP contribution in [0, 0.1) is 0 Å². The second kappa shape index (κ2) is 9.34. The van der Waals surface area contributed by atoms with Crippen LogP contribution in [-0.2, 0) is 17.7 Å². The van der Waals surface area contributed by atoms with E-state index in [4.69, 9.17) is 19.2 Å². The number of aromatic amines is 1. The lowest BCUT2D eigenvalue weighted by atomic mass is 10.1. The number of nitrogens with one attached hydrogen (secondary N) is 1. The fourth-order valence-electron chi connectivity index (χ4n) is 2.44. The fraction of sp³-hybridized carbons (Fsp3) is 0.235. The molecule has 134 valence electrons. The van der Waals surface area contributed by atoms with Crippen LogP contribution in [0.15, 0.2) is 66.7 Å². The van der Waals surface area contributed by atoms with Crippen molar-refractivity contribution in [1.29, 1.82) is 0 Å². The summed E-state index contributed by atoms with van der Waals surface area (Å²) in [4.78, 5) is 35.5. The van der Waals surface area contributed by atoms with E-state index in [1.54, 1.807) is 6.20 Å². The molecule has 2 aromatic rings. The summed E-state index contributed by atoms with van der Waals surface area (Å²) in [5.41, 5.74) is 2.61. The number of rotatable bonds is 5. The van der Waals surface area contributed by atoms with Gasteiger partial charge in [-0.2, -0.15) is 7.82 Å². The lowest BCUT2D eigenvalue weighted by Gasteiger charge is -2.36. The van der Waals surface area contributed by atoms with E-state index in [0.29, 0.717) is 0 Å². The van der Waals surface area contributed by atoms with Crippen LogP contribution in [0.1, 0.15) is 24.2 Å². The van der Waals surface area contributed by atoms with Crippen LogP contribution in [0.5, 0.6) is 0 Å². The summed E-state index contributed by atoms with van der Waals surface area (Å²) >= 11 is 0. The third-order valence-corrected chi connectivity index (χ3v) is 3.45. The molecule has 0 spiro atoms. The Morgan fingerprint density at radius 1 is 1.12 bits per heavy atom. The van der Waals surface area contributed by atoms with Gasteiger partial charge in [0.15, 0.2) is 0 Å². The minimum absolute atomic E-state index is 0.804. The van der Waals surface area contributed by atoms with E-state index in [-0.39, 0.29) is 0 Å². The van der Waals surface area contributed by atoms with Crippen molar-refractivity contribution in [3.8, 4) is 0 Å². The molecular formula is C17H19N3O4P-3. The molecule has 7 nitrogen and oxygen atoms in total. The van der Waals surface area contributed by atoms with E-state index in [1.807, 2.05) is 6.20 Å². The molecule has 25 heavy (non-hydrogen) atoms. The topological polar surface area (TPSA) is 118 Å². The third-order valence-electron chi connectivity index (χ3n) is 3.45. The second-order valence-corrected chi connectivity index (χ2v) is 6.33. The van der Waals surface area contributed by atoms with Crippen LogP contribution in [0.25, 0.3) is 0 Å². The summed E-state index contributed by atoms with van der Waals surface area (Å²) in [6.07, 6.45) is 12.7. The summed E-state index contributed by atoms with van der Waals surface area (Å²) in [6.45, 7) is 1.70. The Labute approximate surface area is 146 Å². The molecule has 1 aliphatic rings. The quantitative estimate of drug-likeness (QED) is 0.789. The second-order valence-electron chi connectivity index (χ2n) is 5.43. The number of imidazole rings is 1. The molecule has 0 saturated carbocycles. The molecule has 8 heteroatoms. The average Bonchev–Trinajstić information content (AvgIpc) is 3.08. The smallest absolute Gasteiger partial charge is 0.125 e. The highest BCUT2D eigenvalue weighted by Crippen LogP contribution is 2.19. The maximum atomic E-state index is 8.55. The van der Waals surface area contributed by atoms with Gasteiger partial charge in [0, 0.05) is 24.6 Å². The Balaban J connectivity index is 0.000000399. The highest BCUT2D eigenvalue weighted by molar-refractivity contribution is 7.40. The SMILES string of the molecule is C1=CC(N(Cc2ccccc2)Cc2ncc[nH]2)=CCC1.O=P([O-])([O-])[O-]. The molecule has 1 heterocycles. The van der Waals surface area contributed by atoms with Crippen molar-refractivity contribution in [1.82, 2.24) is 14.9 Å². The van der Waals surface area contributed by atoms with Crippen LogP contribution in [0.4, 0.5) is 0 Å². The van der Waals surface area contributed by atoms with Crippen LogP contribution >= 0.6 is 7.82 Å². The summed E-state index contributed by atoms with van der Waals surface area (Å²) in [5.74, 6) is 1.00. The van der Waals surface area contributed by atoms with Crippen molar-refractivity contribution in [3.63, 3.8) is 0 Å². The molecule has 0 fully saturated rings. The summed E-state index contributed by atoms with van der Waals surface area (Å²) < 4.78 is 8.55. The minimum atomic E-state index is -5.39. The molecule has 1 aromatic carbocycles. The lowest BCUT2D eigenvalue weighted by Crippen LogP contribution is -2.24. The van der Waals surface area contributed by atoms with Crippen LogP contribution in [-0.4, -0.2) is 14.9 Å². The molecule has 1 N–H and O–H groups in total. The number of nitrogens with zero attached hydrogens (tertiary/aromatic N) is 2. The van der Waals surface area contributed by atoms with Gasteiger partial charge < -0.3 is 29.1 Å². The Morgan fingerprint density at radius 3 is 2.40 bits per heavy atom. The Kier molecular flexibility index (Phi) is 7.16. The largest absolute Gasteiger partial charge is 0.822 e. The van der Waals surface area contributed by atoms with E-state index in [1.165, 1.54) is 11.3 Å². The van der Waals surface area contributed by atoms with Gasteiger partial charge in [-0.1, -0.05) is 42.5 Å². The summed E-state index contributed by atoms with van der Waals surface area (Å²) in [5, 5.41) is 0. The molecule has 0 amide bonds. The van der Waals surface area contributed by atoms with Gasteiger partial charge in [-0.25, -0.2) is 4.98 Å². The number of aromatic nitrogens is 2. The van der Waals surface area contributed by atoms with Crippen molar-refractivity contribution in [2.24, 2.45) is 0 Å². The zero-order valence-corrected chi connectivity index (χ0v) is 14.5. The van der Waals surface area contributed by atoms with Crippen molar-refractivity contribution < 1.29 is 19.2 Å². The molecule has 0 radical (unpaired) electrons. The van der Waals surface area contributed by atoms with Crippen molar-refractivity contribution in [2.45, 2.75) is 25.9 Å². The van der Waals surface area contributed by atoms with Crippen LogP contribution in [0.3, 0.4) is 0 Å². The third kappa shape index (κ3) is 7.96. The van der Waals surface area contributed by atoms with E-state index in [0.717, 1.165) is 31.8 Å². The first-order valence-corrected chi connectivity index (χ1v) is 9.25. The van der Waals surface area contributed by atoms with E-state index in [9.17, 15) is 0 Å². The minimum Gasteiger partial charge on any atom is -0.822 e. The molecule has 0 saturated heterocycles. The maximum absolute atomic E-state index is 8.55. The first-order chi connectivity index (χ1) is 11.9. The highest BCUT2D eigenvalue weighted by atomic mass is 31.2. The lowest BCUT2D eigenvalue weighted by molar-refractivity contribution is -0.432. The normalized spacial score (nSPS) is 13.6. The molecule has 3 rings (SSSR count). The Morgan fingerprint density at radius 2 is 1.84 bits per heavy atom. The first-order valence-electron chi connectivity index (χ1n) is 7.79. The highest BCUT2D eigenvalue weighted by Gasteiger charge is 2.11. The Hall–Kier alpha value is -2.18. The maximum Gasteiger partial charge on any atom is 0.125 e. The van der Waals surface area contributed by atoms with E-state index < -0.39 is 7.82 Å². The molecule has 0 unspecified atom stereocenters. The number of H-pyrrole nitrogens is 1. The molecule has 0 atom stereocenters. The standard InChI is InChI=1S/C17H19N3.H3O4P/c1-3-7-15(8-4-1)13-20(14-17-18-11-12-19-17)16-9-5-2-6-10-16;1-5(2,3)4/h1,3-5,7-12H,2,6,13-14H2,(H,18,19);(H3,1,2,3,4)/p-3. The summed E-state index contributed by atoms with van der Waals surface area (Å²) in [7, 11) is -5.39.